The number of ketones is 1. The normalized spacial score (nSPS) is 16.9. The van der Waals surface area contributed by atoms with E-state index in [0.29, 0.717) is 5.56 Å². The molecule has 0 unspecified atom stereocenters. The molecule has 1 saturated carbocycles. The molecule has 1 aliphatic carbocycles. The van der Waals surface area contributed by atoms with Gasteiger partial charge in [0.15, 0.2) is 5.78 Å². The van der Waals surface area contributed by atoms with Crippen LogP contribution in [0.15, 0.2) is 48.5 Å². The molecule has 2 heteroatoms. The first-order valence-corrected chi connectivity index (χ1v) is 7.50. The molecule has 1 fully saturated rings. The predicted octanol–water partition coefficient (Wildman–Crippen LogP) is 4.83. The molecule has 0 radical (unpaired) electrons. The van der Waals surface area contributed by atoms with Crippen LogP contribution in [0.1, 0.15) is 47.2 Å². The number of hydrogen-bond acceptors (Lipinski definition) is 1. The second-order valence-corrected chi connectivity index (χ2v) is 5.94. The van der Waals surface area contributed by atoms with E-state index >= 15 is 0 Å². The summed E-state index contributed by atoms with van der Waals surface area (Å²) in [5, 5.41) is 0. The van der Waals surface area contributed by atoms with Crippen molar-refractivity contribution in [3.63, 3.8) is 0 Å². The molecule has 1 aliphatic rings. The van der Waals surface area contributed by atoms with Crippen molar-refractivity contribution in [3.05, 3.63) is 71.0 Å². The minimum Gasteiger partial charge on any atom is -0.293 e. The van der Waals surface area contributed by atoms with E-state index in [2.05, 4.69) is 0 Å². The molecule has 0 saturated heterocycles. The third-order valence-corrected chi connectivity index (χ3v) is 4.65. The molecule has 0 heterocycles. The molecule has 0 amide bonds. The molecule has 2 aromatic rings. The van der Waals surface area contributed by atoms with Crippen molar-refractivity contribution in [1.82, 2.24) is 0 Å². The lowest BCUT2D eigenvalue weighted by Crippen LogP contribution is -2.33. The number of aryl methyl sites for hydroxylation is 1. The smallest absolute Gasteiger partial charge is 0.173 e. The maximum absolute atomic E-state index is 13.3. The predicted molar refractivity (Wildman–Crippen MR) is 82.1 cm³/mol. The largest absolute Gasteiger partial charge is 0.293 e. The van der Waals surface area contributed by atoms with E-state index < -0.39 is 5.41 Å². The number of rotatable bonds is 3. The molecule has 108 valence electrons. The second-order valence-electron chi connectivity index (χ2n) is 5.94. The van der Waals surface area contributed by atoms with Crippen molar-refractivity contribution in [1.29, 1.82) is 0 Å². The molecule has 21 heavy (non-hydrogen) atoms. The van der Waals surface area contributed by atoms with Gasteiger partial charge in [0.25, 0.3) is 0 Å². The first kappa shape index (κ1) is 14.0. The van der Waals surface area contributed by atoms with Crippen LogP contribution in [0, 0.1) is 12.7 Å². The number of Topliss-reactive ketones (excluding diaryl/α,β-unsaturated/α-hetero) is 1. The third kappa shape index (κ3) is 2.39. The summed E-state index contributed by atoms with van der Waals surface area (Å²) in [4.78, 5) is 13.2. The molecule has 0 aromatic heterocycles. The van der Waals surface area contributed by atoms with Gasteiger partial charge in [-0.05, 0) is 49.1 Å². The van der Waals surface area contributed by atoms with Crippen molar-refractivity contribution in [2.75, 3.05) is 0 Å². The molecule has 0 aliphatic heterocycles. The van der Waals surface area contributed by atoms with Crippen LogP contribution >= 0.6 is 0 Å². The SMILES string of the molecule is Cc1cc(F)ccc1C(=O)C1(c2ccccc2)CCCC1. The van der Waals surface area contributed by atoms with E-state index in [1.165, 1.54) is 12.1 Å². The summed E-state index contributed by atoms with van der Waals surface area (Å²) < 4.78 is 13.3. The van der Waals surface area contributed by atoms with Crippen molar-refractivity contribution < 1.29 is 9.18 Å². The highest BCUT2D eigenvalue weighted by molar-refractivity contribution is 6.05. The lowest BCUT2D eigenvalue weighted by atomic mass is 9.72. The van der Waals surface area contributed by atoms with Crippen LogP contribution in [0.3, 0.4) is 0 Å². The molecule has 0 bridgehead atoms. The van der Waals surface area contributed by atoms with Gasteiger partial charge >= 0.3 is 0 Å². The van der Waals surface area contributed by atoms with Gasteiger partial charge in [0.1, 0.15) is 5.82 Å². The number of hydrogen-bond donors (Lipinski definition) is 0. The summed E-state index contributed by atoms with van der Waals surface area (Å²) in [5.74, 6) is -0.145. The minimum absolute atomic E-state index is 0.142. The van der Waals surface area contributed by atoms with Gasteiger partial charge in [0, 0.05) is 5.56 Å². The van der Waals surface area contributed by atoms with Crippen LogP contribution in [0.2, 0.25) is 0 Å². The monoisotopic (exact) mass is 282 g/mol. The van der Waals surface area contributed by atoms with Crippen LogP contribution < -0.4 is 0 Å². The highest BCUT2D eigenvalue weighted by Crippen LogP contribution is 2.43. The van der Waals surface area contributed by atoms with Crippen molar-refractivity contribution >= 4 is 5.78 Å². The van der Waals surface area contributed by atoms with Gasteiger partial charge in [0.05, 0.1) is 5.41 Å². The zero-order chi connectivity index (χ0) is 14.9. The van der Waals surface area contributed by atoms with Gasteiger partial charge in [-0.25, -0.2) is 4.39 Å². The quantitative estimate of drug-likeness (QED) is 0.737. The van der Waals surface area contributed by atoms with E-state index in [1.54, 1.807) is 6.07 Å². The van der Waals surface area contributed by atoms with E-state index in [1.807, 2.05) is 37.3 Å². The molecular formula is C19H19FO. The van der Waals surface area contributed by atoms with Crippen molar-refractivity contribution in [2.24, 2.45) is 0 Å². The molecule has 0 atom stereocenters. The Bertz CT molecular complexity index is 655. The Morgan fingerprint density at radius 2 is 1.71 bits per heavy atom. The molecule has 3 rings (SSSR count). The van der Waals surface area contributed by atoms with Gasteiger partial charge < -0.3 is 0 Å². The van der Waals surface area contributed by atoms with Gasteiger partial charge in [0.2, 0.25) is 0 Å². The molecule has 0 spiro atoms. The van der Waals surface area contributed by atoms with Crippen molar-refractivity contribution in [3.8, 4) is 0 Å². The second kappa shape index (κ2) is 5.44. The average Bonchev–Trinajstić information content (AvgIpc) is 2.98. The Kier molecular flexibility index (Phi) is 3.62. The Morgan fingerprint density at radius 1 is 1.05 bits per heavy atom. The van der Waals surface area contributed by atoms with Gasteiger partial charge in [-0.3, -0.25) is 4.79 Å². The topological polar surface area (TPSA) is 17.1 Å². The number of benzene rings is 2. The minimum atomic E-state index is -0.427. The maximum Gasteiger partial charge on any atom is 0.173 e. The summed E-state index contributed by atoms with van der Waals surface area (Å²) in [5.41, 5.74) is 2.05. The molecule has 2 aromatic carbocycles. The molecule has 0 N–H and O–H groups in total. The first-order chi connectivity index (χ1) is 10.1. The lowest BCUT2D eigenvalue weighted by molar-refractivity contribution is 0.0885. The van der Waals surface area contributed by atoms with Gasteiger partial charge in [-0.15, -0.1) is 0 Å². The van der Waals surface area contributed by atoms with Crippen molar-refractivity contribution in [2.45, 2.75) is 38.0 Å². The fraction of sp³-hybridized carbons (Fsp3) is 0.316. The van der Waals surface area contributed by atoms with Crippen LogP contribution in [-0.4, -0.2) is 5.78 Å². The Labute approximate surface area is 124 Å². The summed E-state index contributed by atoms with van der Waals surface area (Å²) in [7, 11) is 0. The number of halogens is 1. The average molecular weight is 282 g/mol. The summed E-state index contributed by atoms with van der Waals surface area (Å²) in [6.45, 7) is 1.81. The van der Waals surface area contributed by atoms with E-state index in [-0.39, 0.29) is 11.6 Å². The van der Waals surface area contributed by atoms with Crippen LogP contribution in [-0.2, 0) is 5.41 Å². The zero-order valence-corrected chi connectivity index (χ0v) is 12.2. The Hall–Kier alpha value is -1.96. The fourth-order valence-corrected chi connectivity index (χ4v) is 3.52. The third-order valence-electron chi connectivity index (χ3n) is 4.65. The Morgan fingerprint density at radius 3 is 2.33 bits per heavy atom. The molecular weight excluding hydrogens is 263 g/mol. The first-order valence-electron chi connectivity index (χ1n) is 7.50. The highest BCUT2D eigenvalue weighted by atomic mass is 19.1. The maximum atomic E-state index is 13.3. The van der Waals surface area contributed by atoms with Crippen LogP contribution in [0.25, 0.3) is 0 Å². The lowest BCUT2D eigenvalue weighted by Gasteiger charge is -2.29. The summed E-state index contributed by atoms with van der Waals surface area (Å²) in [6.07, 6.45) is 3.90. The van der Waals surface area contributed by atoms with Gasteiger partial charge in [-0.1, -0.05) is 43.2 Å². The Balaban J connectivity index is 2.08. The van der Waals surface area contributed by atoms with E-state index in [4.69, 9.17) is 0 Å². The summed E-state index contributed by atoms with van der Waals surface area (Å²) >= 11 is 0. The zero-order valence-electron chi connectivity index (χ0n) is 12.2. The number of carbonyl (C=O) groups is 1. The highest BCUT2D eigenvalue weighted by Gasteiger charge is 2.43. The summed E-state index contributed by atoms with van der Waals surface area (Å²) in [6, 6.07) is 14.5. The van der Waals surface area contributed by atoms with E-state index in [0.717, 1.165) is 36.8 Å². The fourth-order valence-electron chi connectivity index (χ4n) is 3.52. The van der Waals surface area contributed by atoms with Crippen LogP contribution in [0.4, 0.5) is 4.39 Å². The van der Waals surface area contributed by atoms with Crippen LogP contribution in [0.5, 0.6) is 0 Å². The van der Waals surface area contributed by atoms with E-state index in [9.17, 15) is 9.18 Å². The number of carbonyl (C=O) groups excluding carboxylic acids is 1. The standard InChI is InChI=1S/C19H19FO/c1-14-13-16(20)9-10-17(14)18(21)19(11-5-6-12-19)15-7-3-2-4-8-15/h2-4,7-10,13H,5-6,11-12H2,1H3. The van der Waals surface area contributed by atoms with Gasteiger partial charge in [-0.2, -0.15) is 0 Å². The molecule has 1 nitrogen and oxygen atoms in total.